The lowest BCUT2D eigenvalue weighted by Gasteiger charge is -2.19. The van der Waals surface area contributed by atoms with Crippen LogP contribution in [-0.4, -0.2) is 32.5 Å². The fourth-order valence-electron chi connectivity index (χ4n) is 1.80. The van der Waals surface area contributed by atoms with Crippen molar-refractivity contribution in [2.45, 2.75) is 32.2 Å². The average Bonchev–Trinajstić information content (AvgIpc) is 3.16. The quantitative estimate of drug-likeness (QED) is 0.756. The third-order valence-electron chi connectivity index (χ3n) is 3.34. The SMILES string of the molecule is CC(C)(C(=O)O)n1cc(NC(=O)CCC(=O)c2cccs2)cn1. The van der Waals surface area contributed by atoms with E-state index in [1.807, 2.05) is 5.38 Å². The summed E-state index contributed by atoms with van der Waals surface area (Å²) in [6, 6.07) is 3.51. The molecule has 0 aliphatic heterocycles. The van der Waals surface area contributed by atoms with E-state index >= 15 is 0 Å². The highest BCUT2D eigenvalue weighted by atomic mass is 32.1. The molecule has 2 N–H and O–H groups in total. The third-order valence-corrected chi connectivity index (χ3v) is 4.25. The smallest absolute Gasteiger partial charge is 0.331 e. The first-order valence-corrected chi connectivity index (χ1v) is 7.84. The van der Waals surface area contributed by atoms with E-state index in [4.69, 9.17) is 5.11 Å². The van der Waals surface area contributed by atoms with Crippen molar-refractivity contribution < 1.29 is 19.5 Å². The van der Waals surface area contributed by atoms with Crippen LogP contribution in [0.4, 0.5) is 5.69 Å². The summed E-state index contributed by atoms with van der Waals surface area (Å²) < 4.78 is 1.27. The van der Waals surface area contributed by atoms with E-state index in [0.29, 0.717) is 10.6 Å². The lowest BCUT2D eigenvalue weighted by molar-refractivity contribution is -0.146. The number of carboxylic acid groups (broad SMARTS) is 1. The molecule has 0 radical (unpaired) electrons. The van der Waals surface area contributed by atoms with Gasteiger partial charge in [0.25, 0.3) is 0 Å². The van der Waals surface area contributed by atoms with Gasteiger partial charge in [-0.25, -0.2) is 4.79 Å². The number of thiophene rings is 1. The number of carbonyl (C=O) groups excluding carboxylic acids is 2. The monoisotopic (exact) mass is 335 g/mol. The summed E-state index contributed by atoms with van der Waals surface area (Å²) in [4.78, 5) is 35.5. The summed E-state index contributed by atoms with van der Waals surface area (Å²) in [6.07, 6.45) is 3.02. The number of nitrogens with zero attached hydrogens (tertiary/aromatic N) is 2. The second-order valence-corrected chi connectivity index (χ2v) is 6.43. The Morgan fingerprint density at radius 1 is 1.35 bits per heavy atom. The molecular formula is C15H17N3O4S. The second-order valence-electron chi connectivity index (χ2n) is 5.49. The maximum atomic E-state index is 11.9. The van der Waals surface area contributed by atoms with Crippen molar-refractivity contribution in [3.8, 4) is 0 Å². The molecule has 2 heterocycles. The molecule has 23 heavy (non-hydrogen) atoms. The number of aromatic nitrogens is 2. The molecule has 0 aliphatic rings. The van der Waals surface area contributed by atoms with Gasteiger partial charge in [-0.2, -0.15) is 5.10 Å². The molecule has 2 aromatic rings. The molecule has 0 aromatic carbocycles. The number of Topliss-reactive ketones (excluding diaryl/α,β-unsaturated/α-hetero) is 1. The third kappa shape index (κ3) is 4.04. The van der Waals surface area contributed by atoms with E-state index in [1.165, 1.54) is 42.3 Å². The van der Waals surface area contributed by atoms with Gasteiger partial charge >= 0.3 is 5.97 Å². The topological polar surface area (TPSA) is 101 Å². The average molecular weight is 335 g/mol. The minimum absolute atomic E-state index is 0.0598. The Labute approximate surface area is 136 Å². The van der Waals surface area contributed by atoms with Crippen LogP contribution in [0.25, 0.3) is 0 Å². The molecular weight excluding hydrogens is 318 g/mol. The number of ketones is 1. The van der Waals surface area contributed by atoms with Crippen molar-refractivity contribution >= 4 is 34.7 Å². The Balaban J connectivity index is 1.90. The molecule has 1 amide bonds. The number of hydrogen-bond donors (Lipinski definition) is 2. The van der Waals surface area contributed by atoms with Crippen LogP contribution in [0.2, 0.25) is 0 Å². The zero-order chi connectivity index (χ0) is 17.0. The number of aliphatic carboxylic acids is 1. The number of anilines is 1. The number of nitrogens with one attached hydrogen (secondary N) is 1. The van der Waals surface area contributed by atoms with Crippen molar-refractivity contribution in [2.75, 3.05) is 5.32 Å². The highest BCUT2D eigenvalue weighted by Gasteiger charge is 2.30. The number of amides is 1. The molecule has 0 saturated carbocycles. The summed E-state index contributed by atoms with van der Waals surface area (Å²) in [6.45, 7) is 3.02. The molecule has 2 aromatic heterocycles. The van der Waals surface area contributed by atoms with E-state index in [9.17, 15) is 14.4 Å². The maximum Gasteiger partial charge on any atom is 0.331 e. The number of hydrogen-bond acceptors (Lipinski definition) is 5. The Kier molecular flexibility index (Phi) is 4.95. The first-order valence-electron chi connectivity index (χ1n) is 6.96. The van der Waals surface area contributed by atoms with Crippen LogP contribution in [0.3, 0.4) is 0 Å². The number of carbonyl (C=O) groups is 3. The molecule has 0 atom stereocenters. The Morgan fingerprint density at radius 2 is 2.09 bits per heavy atom. The highest BCUT2D eigenvalue weighted by molar-refractivity contribution is 7.12. The standard InChI is InChI=1S/C15H17N3O4S/c1-15(2,14(21)22)18-9-10(8-16-18)17-13(20)6-5-11(19)12-4-3-7-23-12/h3-4,7-9H,5-6H2,1-2H3,(H,17,20)(H,21,22). The molecule has 0 saturated heterocycles. The lowest BCUT2D eigenvalue weighted by Crippen LogP contribution is -2.35. The number of carboxylic acids is 1. The predicted molar refractivity (Wildman–Crippen MR) is 85.7 cm³/mol. The molecule has 0 unspecified atom stereocenters. The largest absolute Gasteiger partial charge is 0.479 e. The Morgan fingerprint density at radius 3 is 2.70 bits per heavy atom. The van der Waals surface area contributed by atoms with Crippen LogP contribution < -0.4 is 5.32 Å². The molecule has 0 aliphatic carbocycles. The van der Waals surface area contributed by atoms with Gasteiger partial charge in [0.2, 0.25) is 5.91 Å². The van der Waals surface area contributed by atoms with E-state index < -0.39 is 11.5 Å². The summed E-state index contributed by atoms with van der Waals surface area (Å²) >= 11 is 1.35. The molecule has 2 rings (SSSR count). The fraction of sp³-hybridized carbons (Fsp3) is 0.333. The predicted octanol–water partition coefficient (Wildman–Crippen LogP) is 2.37. The summed E-state index contributed by atoms with van der Waals surface area (Å²) in [5.74, 6) is -1.42. The fourth-order valence-corrected chi connectivity index (χ4v) is 2.50. The molecule has 0 fully saturated rings. The van der Waals surface area contributed by atoms with Crippen LogP contribution in [0.1, 0.15) is 36.4 Å². The maximum absolute atomic E-state index is 11.9. The van der Waals surface area contributed by atoms with Crippen molar-refractivity contribution in [1.82, 2.24) is 9.78 Å². The second kappa shape index (κ2) is 6.74. The van der Waals surface area contributed by atoms with Crippen molar-refractivity contribution in [2.24, 2.45) is 0 Å². The van der Waals surface area contributed by atoms with Gasteiger partial charge in [-0.1, -0.05) is 6.07 Å². The van der Waals surface area contributed by atoms with Gasteiger partial charge in [-0.3, -0.25) is 14.3 Å². The number of rotatable bonds is 7. The van der Waals surface area contributed by atoms with Crippen molar-refractivity contribution in [3.63, 3.8) is 0 Å². The first kappa shape index (κ1) is 16.9. The molecule has 0 spiro atoms. The van der Waals surface area contributed by atoms with Crippen LogP contribution in [-0.2, 0) is 15.1 Å². The van der Waals surface area contributed by atoms with Gasteiger partial charge in [-0.05, 0) is 25.3 Å². The van der Waals surface area contributed by atoms with Gasteiger partial charge in [-0.15, -0.1) is 11.3 Å². The van der Waals surface area contributed by atoms with Gasteiger partial charge in [0.15, 0.2) is 11.3 Å². The molecule has 7 nitrogen and oxygen atoms in total. The highest BCUT2D eigenvalue weighted by Crippen LogP contribution is 2.18. The van der Waals surface area contributed by atoms with E-state index in [-0.39, 0.29) is 24.5 Å². The lowest BCUT2D eigenvalue weighted by atomic mass is 10.1. The molecule has 122 valence electrons. The van der Waals surface area contributed by atoms with Crippen LogP contribution in [0.15, 0.2) is 29.9 Å². The van der Waals surface area contributed by atoms with Crippen molar-refractivity contribution in [1.29, 1.82) is 0 Å². The van der Waals surface area contributed by atoms with Crippen LogP contribution >= 0.6 is 11.3 Å². The zero-order valence-electron chi connectivity index (χ0n) is 12.8. The van der Waals surface area contributed by atoms with E-state index in [1.54, 1.807) is 12.1 Å². The van der Waals surface area contributed by atoms with Gasteiger partial charge in [0, 0.05) is 19.0 Å². The Bertz CT molecular complexity index is 719. The molecule has 8 heteroatoms. The van der Waals surface area contributed by atoms with Crippen LogP contribution in [0, 0.1) is 0 Å². The van der Waals surface area contributed by atoms with Gasteiger partial charge < -0.3 is 10.4 Å². The minimum atomic E-state index is -1.21. The molecule has 0 bridgehead atoms. The van der Waals surface area contributed by atoms with Crippen LogP contribution in [0.5, 0.6) is 0 Å². The summed E-state index contributed by atoms with van der Waals surface area (Å²) in [5, 5.41) is 17.5. The van der Waals surface area contributed by atoms with E-state index in [0.717, 1.165) is 0 Å². The summed E-state index contributed by atoms with van der Waals surface area (Å²) in [7, 11) is 0. The first-order chi connectivity index (χ1) is 10.8. The summed E-state index contributed by atoms with van der Waals surface area (Å²) in [5.41, 5.74) is -0.814. The Hall–Kier alpha value is -2.48. The van der Waals surface area contributed by atoms with Gasteiger partial charge in [0.1, 0.15) is 0 Å². The zero-order valence-corrected chi connectivity index (χ0v) is 13.6. The van der Waals surface area contributed by atoms with Crippen molar-refractivity contribution in [3.05, 3.63) is 34.8 Å². The van der Waals surface area contributed by atoms with Gasteiger partial charge in [0.05, 0.1) is 16.8 Å². The normalized spacial score (nSPS) is 11.2. The van der Waals surface area contributed by atoms with E-state index in [2.05, 4.69) is 10.4 Å². The minimum Gasteiger partial charge on any atom is -0.479 e.